The first-order valence-corrected chi connectivity index (χ1v) is 17.6. The van der Waals surface area contributed by atoms with Gasteiger partial charge in [-0.25, -0.2) is 0 Å². The summed E-state index contributed by atoms with van der Waals surface area (Å²) >= 11 is -0.346. The fourth-order valence-corrected chi connectivity index (χ4v) is 12.0. The Bertz CT molecular complexity index is 295. The average Bonchev–Trinajstić information content (AvgIpc) is 2.38. The van der Waals surface area contributed by atoms with E-state index in [1.807, 2.05) is 0 Å². The molecule has 0 aliphatic carbocycles. The van der Waals surface area contributed by atoms with Crippen LogP contribution in [0.5, 0.6) is 0 Å². The molecular weight excluding hydrogens is 502 g/mol. The Morgan fingerprint density at radius 2 is 0.704 bits per heavy atom. The van der Waals surface area contributed by atoms with Gasteiger partial charge in [-0.15, -0.1) is 13.1 Å². The van der Waals surface area contributed by atoms with Crippen molar-refractivity contribution in [2.24, 2.45) is 0 Å². The molecule has 0 unspecified atom stereocenters. The van der Waals surface area contributed by atoms with Crippen molar-refractivity contribution < 1.29 is 15.1 Å². The van der Waals surface area contributed by atoms with E-state index < -0.39 is 15.8 Å². The first-order chi connectivity index (χ1) is 11.8. The standard InChI is InChI=1S/2C10H23NP.2ClH.Ru/c2*1-9(2,3)12(8-7-11)10(4,5)6;;;/h2*11H,7-8H2,1-6H3;2*1H;/q2*-1;;;+4. The van der Waals surface area contributed by atoms with Gasteiger partial charge >= 0.3 is 34.5 Å². The summed E-state index contributed by atoms with van der Waals surface area (Å²) in [6, 6.07) is 0. The second-order valence-electron chi connectivity index (χ2n) is 11.0. The first-order valence-electron chi connectivity index (χ1n) is 9.68. The summed E-state index contributed by atoms with van der Waals surface area (Å²) in [5.41, 5.74) is 14.6. The van der Waals surface area contributed by atoms with Crippen LogP contribution < -0.4 is 0 Å². The van der Waals surface area contributed by atoms with Crippen molar-refractivity contribution in [3.05, 3.63) is 11.5 Å². The molecular formula is C20H48Cl2N2P2Ru+2. The van der Waals surface area contributed by atoms with E-state index in [1.54, 1.807) is 0 Å². The van der Waals surface area contributed by atoms with Gasteiger partial charge in [0.05, 0.1) is 20.6 Å². The summed E-state index contributed by atoms with van der Waals surface area (Å²) in [5, 5.41) is 1.74. The second-order valence-corrected chi connectivity index (χ2v) is 22.6. The van der Waals surface area contributed by atoms with Crippen LogP contribution in [0.4, 0.5) is 0 Å². The van der Waals surface area contributed by atoms with Crippen LogP contribution >= 0.6 is 35.2 Å². The van der Waals surface area contributed by atoms with Crippen LogP contribution in [-0.4, -0.2) is 46.0 Å². The predicted molar refractivity (Wildman–Crippen MR) is 135 cm³/mol. The summed E-state index contributed by atoms with van der Waals surface area (Å²) in [5.74, 6) is 0. The van der Waals surface area contributed by atoms with Gasteiger partial charge in [-0.1, -0.05) is 0 Å². The summed E-state index contributed by atoms with van der Waals surface area (Å²) in [6.45, 7) is 29.1. The zero-order valence-electron chi connectivity index (χ0n) is 19.9. The minimum absolute atomic E-state index is 0.346. The van der Waals surface area contributed by atoms with Crippen LogP contribution in [0, 0.1) is 0 Å². The van der Waals surface area contributed by atoms with Gasteiger partial charge in [0, 0.05) is 28.2 Å². The SMILES string of the molecule is CC(C)(C)[PH+](CC[NH-])C(C)(C)C.CC(C)(C)[PH+](CC[NH-])C(C)(C)C.[Cl][Ru+2][Cl]. The molecule has 0 aromatic rings. The number of hydrogen-bond donors (Lipinski definition) is 0. The van der Waals surface area contributed by atoms with Crippen LogP contribution in [0.1, 0.15) is 83.1 Å². The molecule has 168 valence electrons. The molecule has 0 saturated carbocycles. The van der Waals surface area contributed by atoms with Gasteiger partial charge in [0.1, 0.15) is 0 Å². The predicted octanol–water partition coefficient (Wildman–Crippen LogP) is 9.08. The molecule has 0 radical (unpaired) electrons. The fourth-order valence-electron chi connectivity index (χ4n) is 4.00. The van der Waals surface area contributed by atoms with E-state index >= 15 is 0 Å². The van der Waals surface area contributed by atoms with E-state index in [1.165, 1.54) is 0 Å². The monoisotopic (exact) mass is 550 g/mol. The molecule has 0 spiro atoms. The van der Waals surface area contributed by atoms with Crippen molar-refractivity contribution in [3.8, 4) is 0 Å². The molecule has 2 N–H and O–H groups in total. The number of hydrogen-bond acceptors (Lipinski definition) is 0. The molecule has 0 saturated heterocycles. The van der Waals surface area contributed by atoms with Gasteiger partial charge in [0.25, 0.3) is 0 Å². The third kappa shape index (κ3) is 18.5. The molecule has 2 nitrogen and oxygen atoms in total. The number of nitrogens with one attached hydrogen (secondary N) is 2. The molecule has 0 fully saturated rings. The summed E-state index contributed by atoms with van der Waals surface area (Å²) in [6.07, 6.45) is 2.25. The van der Waals surface area contributed by atoms with Crippen molar-refractivity contribution in [1.82, 2.24) is 0 Å². The summed E-state index contributed by atoms with van der Waals surface area (Å²) < 4.78 is 0. The Morgan fingerprint density at radius 3 is 0.741 bits per heavy atom. The second kappa shape index (κ2) is 14.9. The Hall–Kier alpha value is 1.98. The van der Waals surface area contributed by atoms with E-state index in [-0.39, 0.29) is 15.1 Å². The van der Waals surface area contributed by atoms with Gasteiger partial charge < -0.3 is 11.5 Å². The third-order valence-corrected chi connectivity index (χ3v) is 13.1. The van der Waals surface area contributed by atoms with Crippen molar-refractivity contribution in [2.75, 3.05) is 25.4 Å². The molecule has 0 aromatic heterocycles. The molecule has 0 heterocycles. The van der Waals surface area contributed by atoms with E-state index in [0.717, 1.165) is 12.3 Å². The van der Waals surface area contributed by atoms with E-state index in [4.69, 9.17) is 30.8 Å². The van der Waals surface area contributed by atoms with Gasteiger partial charge in [-0.3, -0.25) is 0 Å². The molecule has 27 heavy (non-hydrogen) atoms. The molecule has 0 atom stereocenters. The van der Waals surface area contributed by atoms with Crippen molar-refractivity contribution in [1.29, 1.82) is 0 Å². The number of halogens is 2. The van der Waals surface area contributed by atoms with E-state index in [0.29, 0.717) is 33.7 Å². The average molecular weight is 551 g/mol. The van der Waals surface area contributed by atoms with Crippen LogP contribution in [0.25, 0.3) is 11.5 Å². The maximum atomic E-state index is 7.32. The molecule has 0 aliphatic rings. The molecule has 0 amide bonds. The van der Waals surface area contributed by atoms with E-state index in [9.17, 15) is 0 Å². The Morgan fingerprint density at radius 1 is 0.556 bits per heavy atom. The normalized spacial score (nSPS) is 13.1. The fraction of sp³-hybridized carbons (Fsp3) is 1.00. The quantitative estimate of drug-likeness (QED) is 0.248. The van der Waals surface area contributed by atoms with E-state index in [2.05, 4.69) is 83.1 Å². The molecule has 0 bridgehead atoms. The van der Waals surface area contributed by atoms with Gasteiger partial charge in [0.15, 0.2) is 0 Å². The van der Waals surface area contributed by atoms with Gasteiger partial charge in [-0.2, -0.15) is 0 Å². The topological polar surface area (TPSA) is 47.6 Å². The Labute approximate surface area is 190 Å². The Kier molecular flexibility index (Phi) is 18.5. The van der Waals surface area contributed by atoms with Crippen LogP contribution in [0.3, 0.4) is 0 Å². The van der Waals surface area contributed by atoms with Crippen LogP contribution in [0.15, 0.2) is 0 Å². The van der Waals surface area contributed by atoms with Gasteiger partial charge in [0.2, 0.25) is 0 Å². The first kappa shape index (κ1) is 33.6. The zero-order valence-corrected chi connectivity index (χ0v) is 25.2. The van der Waals surface area contributed by atoms with Gasteiger partial charge in [-0.05, 0) is 83.1 Å². The maximum absolute atomic E-state index is 7.32. The van der Waals surface area contributed by atoms with Crippen molar-refractivity contribution in [3.63, 3.8) is 0 Å². The molecule has 0 rings (SSSR count). The minimum atomic E-state index is -0.414. The zero-order chi connectivity index (χ0) is 22.7. The third-order valence-electron chi connectivity index (χ3n) is 4.37. The molecule has 7 heteroatoms. The summed E-state index contributed by atoms with van der Waals surface area (Å²) in [4.78, 5) is 0. The van der Waals surface area contributed by atoms with Crippen molar-refractivity contribution >= 4 is 35.2 Å². The van der Waals surface area contributed by atoms with Crippen molar-refractivity contribution in [2.45, 2.75) is 104 Å². The summed E-state index contributed by atoms with van der Waals surface area (Å²) in [7, 11) is 8.88. The Balaban J connectivity index is -0.000000372. The van der Waals surface area contributed by atoms with Crippen LogP contribution in [0.2, 0.25) is 0 Å². The molecule has 0 aromatic carbocycles. The molecule has 0 aliphatic heterocycles. The van der Waals surface area contributed by atoms with Crippen LogP contribution in [-0.2, 0) is 15.1 Å². The number of rotatable bonds is 4.